The Kier molecular flexibility index (Phi) is 3.62. The van der Waals surface area contributed by atoms with Crippen molar-refractivity contribution in [2.75, 3.05) is 13.1 Å². The summed E-state index contributed by atoms with van der Waals surface area (Å²) < 4.78 is 42.8. The number of rotatable bonds is 3. The molecule has 1 fully saturated rings. The van der Waals surface area contributed by atoms with Crippen LogP contribution in [-0.4, -0.2) is 49.8 Å². The van der Waals surface area contributed by atoms with Gasteiger partial charge in [-0.1, -0.05) is 5.16 Å². The van der Waals surface area contributed by atoms with Crippen LogP contribution >= 0.6 is 0 Å². The minimum absolute atomic E-state index is 0.0449. The molecule has 23 heavy (non-hydrogen) atoms. The summed E-state index contributed by atoms with van der Waals surface area (Å²) in [6.07, 6.45) is -0.398. The smallest absolute Gasteiger partial charge is 0.332 e. The van der Waals surface area contributed by atoms with Crippen LogP contribution in [0.1, 0.15) is 12.5 Å². The fourth-order valence-corrected chi connectivity index (χ4v) is 2.45. The van der Waals surface area contributed by atoms with Crippen LogP contribution < -0.4 is 5.76 Å². The average Bonchev–Trinajstić information content (AvgIpc) is 3.03. The minimum atomic E-state index is -4.50. The number of halogens is 3. The van der Waals surface area contributed by atoms with Gasteiger partial charge in [0, 0.05) is 18.9 Å². The zero-order chi connectivity index (χ0) is 16.6. The van der Waals surface area contributed by atoms with E-state index in [4.69, 9.17) is 0 Å². The molecule has 1 amide bonds. The molecule has 0 N–H and O–H groups in total. The van der Waals surface area contributed by atoms with Gasteiger partial charge in [0.2, 0.25) is 11.7 Å². The molecular formula is C12H10F3N5O3. The van der Waals surface area contributed by atoms with Crippen LogP contribution in [0.25, 0.3) is 11.5 Å². The van der Waals surface area contributed by atoms with Gasteiger partial charge in [-0.2, -0.15) is 13.2 Å². The second kappa shape index (κ2) is 5.48. The molecule has 3 rings (SSSR count). The molecule has 0 radical (unpaired) electrons. The number of alkyl halides is 3. The standard InChI is InChI=1S/C12H10F3N5O3/c13-12(14,15)6-19-4-1-8(10(19)21)20-9(18-23-11(20)22)7-5-16-2-3-17-7/h2-3,5,8H,1,4,6H2/t8-/m0/s1. The molecule has 0 bridgehead atoms. The van der Waals surface area contributed by atoms with Crippen molar-refractivity contribution in [2.24, 2.45) is 0 Å². The van der Waals surface area contributed by atoms with E-state index in [2.05, 4.69) is 19.6 Å². The van der Waals surface area contributed by atoms with Gasteiger partial charge in [-0.05, 0) is 6.42 Å². The maximum absolute atomic E-state index is 12.5. The van der Waals surface area contributed by atoms with Gasteiger partial charge < -0.3 is 4.90 Å². The first-order valence-electron chi connectivity index (χ1n) is 6.57. The number of likely N-dealkylation sites (tertiary alicyclic amines) is 1. The highest BCUT2D eigenvalue weighted by Crippen LogP contribution is 2.28. The van der Waals surface area contributed by atoms with Crippen molar-refractivity contribution in [1.29, 1.82) is 0 Å². The number of carbonyl (C=O) groups excluding carboxylic acids is 1. The highest BCUT2D eigenvalue weighted by Gasteiger charge is 2.41. The molecule has 3 heterocycles. The molecule has 0 saturated carbocycles. The predicted molar refractivity (Wildman–Crippen MR) is 68.1 cm³/mol. The Labute approximate surface area is 126 Å². The van der Waals surface area contributed by atoms with E-state index >= 15 is 0 Å². The quantitative estimate of drug-likeness (QED) is 0.820. The molecule has 122 valence electrons. The molecule has 11 heteroatoms. The molecule has 2 aromatic heterocycles. The zero-order valence-electron chi connectivity index (χ0n) is 11.5. The molecule has 0 spiro atoms. The molecule has 0 aromatic carbocycles. The lowest BCUT2D eigenvalue weighted by Crippen LogP contribution is -2.37. The topological polar surface area (TPSA) is 94.1 Å². The summed E-state index contributed by atoms with van der Waals surface area (Å²) in [6, 6.07) is -1.10. The van der Waals surface area contributed by atoms with Gasteiger partial charge in [-0.15, -0.1) is 0 Å². The Hall–Kier alpha value is -2.72. The fraction of sp³-hybridized carbons (Fsp3) is 0.417. The Morgan fingerprint density at radius 2 is 2.09 bits per heavy atom. The van der Waals surface area contributed by atoms with E-state index in [1.807, 2.05) is 0 Å². The van der Waals surface area contributed by atoms with E-state index in [1.165, 1.54) is 18.6 Å². The van der Waals surface area contributed by atoms with Crippen LogP contribution in [0.3, 0.4) is 0 Å². The third-order valence-corrected chi connectivity index (χ3v) is 3.38. The lowest BCUT2D eigenvalue weighted by molar-refractivity contribution is -0.158. The first kappa shape index (κ1) is 15.2. The molecular weight excluding hydrogens is 319 g/mol. The number of carbonyl (C=O) groups is 1. The highest BCUT2D eigenvalue weighted by molar-refractivity contribution is 5.83. The van der Waals surface area contributed by atoms with Gasteiger partial charge in [0.1, 0.15) is 18.3 Å². The van der Waals surface area contributed by atoms with E-state index in [1.54, 1.807) is 0 Å². The average molecular weight is 329 g/mol. The van der Waals surface area contributed by atoms with Gasteiger partial charge in [-0.3, -0.25) is 14.3 Å². The summed E-state index contributed by atoms with van der Waals surface area (Å²) in [4.78, 5) is 32.4. The third-order valence-electron chi connectivity index (χ3n) is 3.38. The summed E-state index contributed by atoms with van der Waals surface area (Å²) in [5, 5.41) is 3.54. The van der Waals surface area contributed by atoms with Gasteiger partial charge in [0.25, 0.3) is 0 Å². The van der Waals surface area contributed by atoms with Crippen molar-refractivity contribution in [2.45, 2.75) is 18.6 Å². The molecule has 0 unspecified atom stereocenters. The van der Waals surface area contributed by atoms with Crippen LogP contribution in [0, 0.1) is 0 Å². The van der Waals surface area contributed by atoms with Crippen LogP contribution in [0.2, 0.25) is 0 Å². The van der Waals surface area contributed by atoms with Gasteiger partial charge in [0.05, 0.1) is 6.20 Å². The van der Waals surface area contributed by atoms with Crippen LogP contribution in [-0.2, 0) is 4.79 Å². The first-order valence-corrected chi connectivity index (χ1v) is 6.57. The predicted octanol–water partition coefficient (Wildman–Crippen LogP) is 0.629. The second-order valence-corrected chi connectivity index (χ2v) is 4.91. The van der Waals surface area contributed by atoms with Crippen molar-refractivity contribution in [3.8, 4) is 11.5 Å². The summed E-state index contributed by atoms with van der Waals surface area (Å²) in [7, 11) is 0. The van der Waals surface area contributed by atoms with Crippen LogP contribution in [0.5, 0.6) is 0 Å². The molecule has 1 aliphatic rings. The number of amides is 1. The van der Waals surface area contributed by atoms with E-state index < -0.39 is 30.4 Å². The lowest BCUT2D eigenvalue weighted by Gasteiger charge is -2.18. The second-order valence-electron chi connectivity index (χ2n) is 4.91. The zero-order valence-corrected chi connectivity index (χ0v) is 11.5. The first-order chi connectivity index (χ1) is 10.9. The maximum Gasteiger partial charge on any atom is 0.442 e. The largest absolute Gasteiger partial charge is 0.442 e. The Morgan fingerprint density at radius 1 is 1.30 bits per heavy atom. The maximum atomic E-state index is 12.5. The lowest BCUT2D eigenvalue weighted by atomic mass is 10.2. The Bertz CT molecular complexity index is 770. The monoisotopic (exact) mass is 329 g/mol. The van der Waals surface area contributed by atoms with Gasteiger partial charge in [-0.25, -0.2) is 14.3 Å². The van der Waals surface area contributed by atoms with E-state index in [9.17, 15) is 22.8 Å². The van der Waals surface area contributed by atoms with Crippen LogP contribution in [0.4, 0.5) is 13.2 Å². The Morgan fingerprint density at radius 3 is 2.74 bits per heavy atom. The van der Waals surface area contributed by atoms with Gasteiger partial charge >= 0.3 is 11.9 Å². The number of nitrogens with zero attached hydrogens (tertiary/aromatic N) is 5. The number of aromatic nitrogens is 4. The molecule has 0 aliphatic carbocycles. The van der Waals surface area contributed by atoms with Crippen LogP contribution in [0.15, 0.2) is 27.9 Å². The summed E-state index contributed by atoms with van der Waals surface area (Å²) in [5.41, 5.74) is 0.181. The SMILES string of the molecule is O=C1[C@@H](n2c(-c3cnccn3)noc2=O)CCN1CC(F)(F)F. The highest BCUT2D eigenvalue weighted by atomic mass is 19.4. The number of hydrogen-bond acceptors (Lipinski definition) is 6. The minimum Gasteiger partial charge on any atom is -0.332 e. The van der Waals surface area contributed by atoms with Crippen molar-refractivity contribution >= 4 is 5.91 Å². The van der Waals surface area contributed by atoms with E-state index in [0.717, 1.165) is 4.57 Å². The Balaban J connectivity index is 1.93. The molecule has 2 aromatic rings. The van der Waals surface area contributed by atoms with E-state index in [-0.39, 0.29) is 24.5 Å². The molecule has 1 atom stereocenters. The van der Waals surface area contributed by atoms with E-state index in [0.29, 0.717) is 4.90 Å². The molecule has 8 nitrogen and oxygen atoms in total. The summed E-state index contributed by atoms with van der Waals surface area (Å²) >= 11 is 0. The summed E-state index contributed by atoms with van der Waals surface area (Å²) in [6.45, 7) is -1.47. The van der Waals surface area contributed by atoms with Crippen molar-refractivity contribution in [3.63, 3.8) is 0 Å². The fourth-order valence-electron chi connectivity index (χ4n) is 2.45. The molecule has 1 saturated heterocycles. The van der Waals surface area contributed by atoms with Crippen molar-refractivity contribution < 1.29 is 22.5 Å². The van der Waals surface area contributed by atoms with Crippen molar-refractivity contribution in [3.05, 3.63) is 29.1 Å². The summed E-state index contributed by atoms with van der Waals surface area (Å²) in [5.74, 6) is -1.79. The molecule has 1 aliphatic heterocycles. The number of hydrogen-bond donors (Lipinski definition) is 0. The van der Waals surface area contributed by atoms with Crippen molar-refractivity contribution in [1.82, 2.24) is 24.6 Å². The van der Waals surface area contributed by atoms with Gasteiger partial charge in [0.15, 0.2) is 0 Å². The normalized spacial score (nSPS) is 18.7. The third kappa shape index (κ3) is 2.94.